The van der Waals surface area contributed by atoms with Crippen LogP contribution in [0.5, 0.6) is 0 Å². The normalized spacial score (nSPS) is 14.1. The van der Waals surface area contributed by atoms with E-state index in [1.165, 1.54) is 32.5 Å². The summed E-state index contributed by atoms with van der Waals surface area (Å²) in [4.78, 5) is 143. The number of benzene rings is 8. The Kier molecular flexibility index (Phi) is 28.2. The third-order valence-corrected chi connectivity index (χ3v) is 21.1. The molecule has 8 aromatic carbocycles. The summed E-state index contributed by atoms with van der Waals surface area (Å²) in [7, 11) is 0. The van der Waals surface area contributed by atoms with Crippen LogP contribution in [0.2, 0.25) is 0 Å². The van der Waals surface area contributed by atoms with Crippen LogP contribution in [-0.4, -0.2) is 142 Å². The van der Waals surface area contributed by atoms with E-state index in [2.05, 4.69) is 47.9 Å². The minimum Gasteiger partial charge on any atom is -0.480 e. The minimum absolute atomic E-state index is 0.0573. The maximum absolute atomic E-state index is 15.4. The number of carboxylic acid groups (broad SMARTS) is 1. The molecule has 11 N–H and O–H groups in total. The molecule has 0 bridgehead atoms. The molecule has 0 aliphatic heterocycles. The highest BCUT2D eigenvalue weighted by atomic mass is 32.2. The fourth-order valence-corrected chi connectivity index (χ4v) is 15.5. The Bertz CT molecular complexity index is 4130. The van der Waals surface area contributed by atoms with E-state index >= 15 is 14.4 Å². The Labute approximate surface area is 631 Å². The fraction of sp³-hybridized carbons (Fsp3) is 0.301. The molecule has 0 spiro atoms. The Morgan fingerprint density at radius 1 is 0.430 bits per heavy atom. The van der Waals surface area contributed by atoms with Gasteiger partial charge in [0, 0.05) is 24.3 Å². The lowest BCUT2D eigenvalue weighted by Crippen LogP contribution is -2.62. The number of carboxylic acids is 1. The average Bonchev–Trinajstić information content (AvgIpc) is 1.63. The van der Waals surface area contributed by atoms with Crippen molar-refractivity contribution in [2.24, 2.45) is 11.8 Å². The molecule has 0 radical (unpaired) electrons. The number of rotatable bonds is 35. The summed E-state index contributed by atoms with van der Waals surface area (Å²) in [5, 5.41) is 45.2. The maximum atomic E-state index is 15.4. The fourth-order valence-electron chi connectivity index (χ4n) is 13.0. The van der Waals surface area contributed by atoms with E-state index < -0.39 is 130 Å². The number of nitrogens with one attached hydrogen (secondary N) is 9. The zero-order valence-corrected chi connectivity index (χ0v) is 62.2. The molecule has 1 aliphatic carbocycles. The number of fused-ring (bicyclic) bond motifs is 3. The molecular weight excluding hydrogens is 1400 g/mol. The summed E-state index contributed by atoms with van der Waals surface area (Å²) in [5.74, 6) is -10.2. The Morgan fingerprint density at radius 3 is 1.21 bits per heavy atom. The molecule has 9 amide bonds. The second-order valence-corrected chi connectivity index (χ2v) is 29.1. The molecule has 8 aromatic rings. The minimum atomic E-state index is -1.80. The van der Waals surface area contributed by atoms with Crippen molar-refractivity contribution in [3.63, 3.8) is 0 Å². The molecule has 0 fully saturated rings. The molecule has 107 heavy (non-hydrogen) atoms. The van der Waals surface area contributed by atoms with Crippen molar-refractivity contribution in [2.45, 2.75) is 119 Å². The first-order valence-corrected chi connectivity index (χ1v) is 37.5. The van der Waals surface area contributed by atoms with Crippen molar-refractivity contribution in [2.75, 3.05) is 24.0 Å². The highest BCUT2D eigenvalue weighted by Gasteiger charge is 2.43. The van der Waals surface area contributed by atoms with Gasteiger partial charge < -0.3 is 62.8 Å². The smallest absolute Gasteiger partial charge is 0.407 e. The van der Waals surface area contributed by atoms with E-state index in [0.717, 1.165) is 50.7 Å². The number of hydrogen-bond donors (Lipinski definition) is 11. The molecular formula is C83H91N9O13S2. The first kappa shape index (κ1) is 80.0. The number of thioether (sulfide) groups is 2. The number of alkyl carbamates (subject to hydrolysis) is 1. The average molecular weight is 1490 g/mol. The van der Waals surface area contributed by atoms with Crippen LogP contribution in [0.4, 0.5) is 4.79 Å². The second-order valence-electron chi connectivity index (χ2n) is 26.8. The van der Waals surface area contributed by atoms with Crippen LogP contribution >= 0.6 is 23.5 Å². The lowest BCUT2D eigenvalue weighted by atomic mass is 9.77. The zero-order valence-electron chi connectivity index (χ0n) is 60.5. The van der Waals surface area contributed by atoms with Crippen LogP contribution in [0.25, 0.3) is 11.1 Å². The van der Waals surface area contributed by atoms with Crippen molar-refractivity contribution in [1.82, 2.24) is 47.9 Å². The van der Waals surface area contributed by atoms with Crippen molar-refractivity contribution >= 4 is 82.8 Å². The quantitative estimate of drug-likeness (QED) is 0.0101. The SMILES string of the molecule is CC(=O)NCSC[C@H](NC(=O)OCC1c2ccccc2-c2ccccc21)C(=O)N[C@H](C(=O)N[C@@H](CC(=O)NC(c1ccccc1)(c1ccccc1)c1ccccc1)C(=O)N[C@H](C(=O)N[C@@H](C)C(=O)N[C@@H](CSC(c1ccccc1)(c1ccccc1)c1ccccc1)C(=O)N[C@H](C(=O)O)[C@@H](C)O)C(C)C)C(C)C. The van der Waals surface area contributed by atoms with E-state index in [-0.39, 0.29) is 35.8 Å². The van der Waals surface area contributed by atoms with Gasteiger partial charge >= 0.3 is 12.1 Å². The van der Waals surface area contributed by atoms with Crippen LogP contribution in [0.15, 0.2) is 231 Å². The molecule has 8 atom stereocenters. The van der Waals surface area contributed by atoms with Crippen molar-refractivity contribution in [3.8, 4) is 11.1 Å². The van der Waals surface area contributed by atoms with Gasteiger partial charge in [0.1, 0.15) is 48.4 Å². The summed E-state index contributed by atoms with van der Waals surface area (Å²) >= 11 is 2.40. The molecule has 22 nitrogen and oxygen atoms in total. The number of ether oxygens (including phenoxy) is 1. The summed E-state index contributed by atoms with van der Waals surface area (Å²) < 4.78 is 4.81. The Balaban J connectivity index is 0.987. The van der Waals surface area contributed by atoms with Crippen molar-refractivity contribution < 1.29 is 62.9 Å². The van der Waals surface area contributed by atoms with Crippen LogP contribution in [-0.2, 0) is 58.2 Å². The van der Waals surface area contributed by atoms with Gasteiger partial charge in [0.15, 0.2) is 6.04 Å². The lowest BCUT2D eigenvalue weighted by Gasteiger charge is -2.37. The second kappa shape index (κ2) is 37.8. The van der Waals surface area contributed by atoms with Gasteiger partial charge in [0.25, 0.3) is 0 Å². The topological polar surface area (TPSA) is 329 Å². The van der Waals surface area contributed by atoms with E-state index in [4.69, 9.17) is 4.74 Å². The molecule has 24 heteroatoms. The first-order valence-electron chi connectivity index (χ1n) is 35.4. The van der Waals surface area contributed by atoms with Gasteiger partial charge in [-0.2, -0.15) is 0 Å². The number of carbonyl (C=O) groups excluding carboxylic acids is 9. The highest BCUT2D eigenvalue weighted by molar-refractivity contribution is 8.00. The lowest BCUT2D eigenvalue weighted by molar-refractivity contribution is -0.145. The van der Waals surface area contributed by atoms with Gasteiger partial charge in [-0.15, -0.1) is 23.5 Å². The van der Waals surface area contributed by atoms with Gasteiger partial charge in [-0.25, -0.2) is 9.59 Å². The van der Waals surface area contributed by atoms with Crippen molar-refractivity contribution in [3.05, 3.63) is 275 Å². The van der Waals surface area contributed by atoms with Crippen LogP contribution in [0.3, 0.4) is 0 Å². The van der Waals surface area contributed by atoms with E-state index in [0.29, 0.717) is 16.7 Å². The molecule has 0 aromatic heterocycles. The molecule has 0 heterocycles. The first-order chi connectivity index (χ1) is 51.4. The largest absolute Gasteiger partial charge is 0.480 e. The van der Waals surface area contributed by atoms with Gasteiger partial charge in [-0.05, 0) is 81.3 Å². The molecule has 0 unspecified atom stereocenters. The summed E-state index contributed by atoms with van der Waals surface area (Å²) in [6.45, 7) is 10.3. The maximum Gasteiger partial charge on any atom is 0.407 e. The highest BCUT2D eigenvalue weighted by Crippen LogP contribution is 2.49. The molecule has 0 saturated heterocycles. The molecule has 9 rings (SSSR count). The van der Waals surface area contributed by atoms with Gasteiger partial charge in [0.05, 0.1) is 23.1 Å². The number of aliphatic hydroxyl groups is 1. The van der Waals surface area contributed by atoms with E-state index in [1.54, 1.807) is 27.7 Å². The predicted molar refractivity (Wildman–Crippen MR) is 413 cm³/mol. The number of amides is 9. The number of carbonyl (C=O) groups is 10. The zero-order chi connectivity index (χ0) is 76.8. The molecule has 1 aliphatic rings. The Hall–Kier alpha value is -11.1. The number of aliphatic carboxylic acids is 1. The van der Waals surface area contributed by atoms with Gasteiger partial charge in [0.2, 0.25) is 47.3 Å². The monoisotopic (exact) mass is 1490 g/mol. The molecule has 558 valence electrons. The third-order valence-electron chi connectivity index (χ3n) is 18.6. The Morgan fingerprint density at radius 2 is 0.804 bits per heavy atom. The van der Waals surface area contributed by atoms with E-state index in [9.17, 15) is 43.8 Å². The molecule has 0 saturated carbocycles. The third kappa shape index (κ3) is 20.1. The summed E-state index contributed by atoms with van der Waals surface area (Å²) in [6, 6.07) is 60.7. The van der Waals surface area contributed by atoms with Crippen molar-refractivity contribution in [1.29, 1.82) is 0 Å². The summed E-state index contributed by atoms with van der Waals surface area (Å²) in [5.41, 5.74) is 6.88. The summed E-state index contributed by atoms with van der Waals surface area (Å²) in [6.07, 6.45) is -3.26. The van der Waals surface area contributed by atoms with Crippen LogP contribution in [0.1, 0.15) is 105 Å². The van der Waals surface area contributed by atoms with E-state index in [1.807, 2.05) is 231 Å². The number of aliphatic hydroxyl groups excluding tert-OH is 1. The number of hydrogen-bond acceptors (Lipinski definition) is 14. The standard InChI is InChI=1S/C83H91N9O13S2/c1-51(2)71(78(100)85-53(5)74(96)87-69(77(99)91-73(54(6)93)80(102)103)49-107-83(59-36-20-11-21-37-59,60-38-22-12-23-39-60)61-40-24-13-25-41-61)89-75(97)67(46-70(95)92-82(56-30-14-8-15-31-56,57-32-16-9-17-33-57)58-34-18-10-19-35-58)86-79(101)72(52(3)4)90-76(98)68(48-106-50-84-55(7)94)88-81(104)105-47-66-64-44-28-26-42-62(64)63-43-27-29-45-65(63)66/h8-45,51-54,66-69,71-73,93H,46-50H2,1-7H3,(H,84,94)(H,85,100)(H,86,101)(H,87,96)(H,88,104)(H,89,97)(H,90,98)(H,91,99)(H,92,95)(H,102,103)/t53-,54+,67-,68-,69-,71-,72-,73-/m0/s1. The van der Waals surface area contributed by atoms with Gasteiger partial charge in [-0.1, -0.05) is 258 Å². The van der Waals surface area contributed by atoms with Crippen LogP contribution in [0, 0.1) is 11.8 Å². The predicted octanol–water partition coefficient (Wildman–Crippen LogP) is 8.65. The van der Waals surface area contributed by atoms with Crippen LogP contribution < -0.4 is 47.9 Å². The van der Waals surface area contributed by atoms with Gasteiger partial charge in [-0.3, -0.25) is 38.4 Å².